The minimum atomic E-state index is -1.28. The van der Waals surface area contributed by atoms with Crippen molar-refractivity contribution in [3.05, 3.63) is 0 Å². The fraction of sp³-hybridized carbons (Fsp3) is 0.706. The lowest BCUT2D eigenvalue weighted by atomic mass is 9.88. The third-order valence-electron chi connectivity index (χ3n) is 4.26. The molecule has 1 heterocycles. The van der Waals surface area contributed by atoms with Crippen molar-refractivity contribution in [2.75, 3.05) is 6.54 Å². The molecule has 0 aromatic carbocycles. The van der Waals surface area contributed by atoms with Gasteiger partial charge < -0.3 is 15.8 Å². The largest absolute Gasteiger partial charge is 0.451 e. The molecule has 27 heavy (non-hydrogen) atoms. The molecular formula is C17H28N4O6. The molecule has 0 aromatic rings. The Labute approximate surface area is 158 Å². The van der Waals surface area contributed by atoms with Crippen LogP contribution in [0.5, 0.6) is 0 Å². The summed E-state index contributed by atoms with van der Waals surface area (Å²) in [6, 6.07) is -1.73. The second-order valence-electron chi connectivity index (χ2n) is 6.91. The zero-order valence-corrected chi connectivity index (χ0v) is 16.2. The zero-order chi connectivity index (χ0) is 20.8. The molecule has 1 rings (SSSR count). The summed E-state index contributed by atoms with van der Waals surface area (Å²) in [6.07, 6.45) is 1.03. The molecule has 0 aliphatic carbocycles. The number of urea groups is 2. The van der Waals surface area contributed by atoms with Gasteiger partial charge in [0.1, 0.15) is 12.1 Å². The average molecular weight is 384 g/mol. The van der Waals surface area contributed by atoms with Crippen molar-refractivity contribution in [2.24, 2.45) is 11.7 Å². The topological polar surface area (TPSA) is 148 Å². The van der Waals surface area contributed by atoms with E-state index in [1.165, 1.54) is 0 Å². The number of imide groups is 2. The summed E-state index contributed by atoms with van der Waals surface area (Å²) in [4.78, 5) is 60.8. The molecule has 0 radical (unpaired) electrons. The lowest BCUT2D eigenvalue weighted by molar-refractivity contribution is -0.159. The van der Waals surface area contributed by atoms with E-state index in [9.17, 15) is 24.0 Å². The van der Waals surface area contributed by atoms with Crippen molar-refractivity contribution in [3.63, 3.8) is 0 Å². The van der Waals surface area contributed by atoms with Crippen molar-refractivity contribution in [1.82, 2.24) is 15.5 Å². The predicted octanol–water partition coefficient (Wildman–Crippen LogP) is 0.640. The Morgan fingerprint density at radius 2 is 1.74 bits per heavy atom. The van der Waals surface area contributed by atoms with Crippen LogP contribution in [0.25, 0.3) is 0 Å². The Hall–Kier alpha value is -2.65. The van der Waals surface area contributed by atoms with Crippen LogP contribution in [0.15, 0.2) is 0 Å². The summed E-state index contributed by atoms with van der Waals surface area (Å²) in [5, 5.41) is 4.54. The fourth-order valence-electron chi connectivity index (χ4n) is 3.13. The Morgan fingerprint density at radius 1 is 1.19 bits per heavy atom. The van der Waals surface area contributed by atoms with E-state index in [-0.39, 0.29) is 0 Å². The number of rotatable bonds is 9. The van der Waals surface area contributed by atoms with Gasteiger partial charge in [-0.15, -0.1) is 0 Å². The van der Waals surface area contributed by atoms with Crippen LogP contribution < -0.4 is 16.4 Å². The molecule has 4 N–H and O–H groups in total. The highest BCUT2D eigenvalue weighted by atomic mass is 16.5. The van der Waals surface area contributed by atoms with Gasteiger partial charge >= 0.3 is 18.0 Å². The number of hydrogen-bond donors (Lipinski definition) is 3. The molecular weight excluding hydrogens is 356 g/mol. The molecule has 0 bridgehead atoms. The summed E-state index contributed by atoms with van der Waals surface area (Å²) in [7, 11) is 0. The highest BCUT2D eigenvalue weighted by Gasteiger charge is 2.50. The van der Waals surface area contributed by atoms with Crippen molar-refractivity contribution in [3.8, 4) is 0 Å². The van der Waals surface area contributed by atoms with Crippen molar-refractivity contribution in [2.45, 2.75) is 65.0 Å². The number of ether oxygens (including phenoxy) is 1. The Bertz CT molecular complexity index is 613. The number of carbonyl (C=O) groups excluding carboxylic acids is 5. The smallest absolute Gasteiger partial charge is 0.327 e. The molecule has 10 heteroatoms. The van der Waals surface area contributed by atoms with Gasteiger partial charge in [-0.05, 0) is 18.8 Å². The van der Waals surface area contributed by atoms with E-state index in [4.69, 9.17) is 10.5 Å². The van der Waals surface area contributed by atoms with Crippen LogP contribution in [-0.4, -0.2) is 52.9 Å². The molecule has 1 aliphatic heterocycles. The number of nitrogens with two attached hydrogens (primary N) is 1. The molecule has 6 amide bonds. The van der Waals surface area contributed by atoms with Crippen LogP contribution in [0.3, 0.4) is 0 Å². The van der Waals surface area contributed by atoms with Gasteiger partial charge in [0.25, 0.3) is 11.8 Å². The first-order valence-corrected chi connectivity index (χ1v) is 9.01. The van der Waals surface area contributed by atoms with E-state index in [2.05, 4.69) is 5.32 Å². The Kier molecular flexibility index (Phi) is 7.74. The number of carbonyl (C=O) groups is 5. The van der Waals surface area contributed by atoms with Crippen LogP contribution in [0.4, 0.5) is 9.59 Å². The van der Waals surface area contributed by atoms with E-state index in [0.29, 0.717) is 25.7 Å². The minimum Gasteiger partial charge on any atom is -0.451 e. The molecule has 1 fully saturated rings. The Balaban J connectivity index is 2.85. The fourth-order valence-corrected chi connectivity index (χ4v) is 3.13. The first-order chi connectivity index (χ1) is 12.6. The minimum absolute atomic E-state index is 0.448. The number of nitrogens with zero attached hydrogens (tertiary/aromatic N) is 1. The van der Waals surface area contributed by atoms with Crippen LogP contribution in [0, 0.1) is 5.92 Å². The van der Waals surface area contributed by atoms with E-state index >= 15 is 0 Å². The van der Waals surface area contributed by atoms with Crippen LogP contribution in [0.2, 0.25) is 0 Å². The number of esters is 1. The number of primary amides is 1. The molecule has 1 saturated heterocycles. The van der Waals surface area contributed by atoms with Crippen molar-refractivity contribution in [1.29, 1.82) is 0 Å². The standard InChI is InChI=1S/C17H28N4O6/c1-5-7-17(8-6-2)14(24)21(16(26)20-17)9-11(22)27-12(10(3)4)13(23)19-15(18)25/h10,12H,5-9H2,1-4H3,(H,20,26)(H3,18,19,23,25)/t12-/m0/s1. The maximum Gasteiger partial charge on any atom is 0.327 e. The normalized spacial score (nSPS) is 16.9. The lowest BCUT2D eigenvalue weighted by Gasteiger charge is -2.26. The molecule has 1 atom stereocenters. The van der Waals surface area contributed by atoms with E-state index in [1.54, 1.807) is 13.8 Å². The first kappa shape index (κ1) is 22.4. The maximum absolute atomic E-state index is 12.7. The lowest BCUT2D eigenvalue weighted by Crippen LogP contribution is -2.48. The average Bonchev–Trinajstić information content (AvgIpc) is 2.76. The third-order valence-corrected chi connectivity index (χ3v) is 4.26. The van der Waals surface area contributed by atoms with Crippen molar-refractivity contribution >= 4 is 29.8 Å². The summed E-state index contributed by atoms with van der Waals surface area (Å²) in [5.41, 5.74) is 3.89. The van der Waals surface area contributed by atoms with E-state index in [1.807, 2.05) is 19.2 Å². The summed E-state index contributed by atoms with van der Waals surface area (Å²) in [6.45, 7) is 6.41. The second-order valence-corrected chi connectivity index (χ2v) is 6.91. The number of amides is 6. The maximum atomic E-state index is 12.7. The van der Waals surface area contributed by atoms with Gasteiger partial charge in [0.2, 0.25) is 0 Å². The molecule has 0 aromatic heterocycles. The molecule has 152 valence electrons. The molecule has 0 spiro atoms. The van der Waals surface area contributed by atoms with Gasteiger partial charge in [-0.1, -0.05) is 40.5 Å². The second kappa shape index (κ2) is 9.33. The summed E-state index contributed by atoms with van der Waals surface area (Å²) in [5.74, 6) is -2.72. The number of hydrogen-bond acceptors (Lipinski definition) is 6. The van der Waals surface area contributed by atoms with Crippen LogP contribution in [-0.2, 0) is 19.1 Å². The molecule has 10 nitrogen and oxygen atoms in total. The van der Waals surface area contributed by atoms with Crippen LogP contribution >= 0.6 is 0 Å². The summed E-state index contributed by atoms with van der Waals surface area (Å²) >= 11 is 0. The Morgan fingerprint density at radius 3 is 2.19 bits per heavy atom. The molecule has 1 aliphatic rings. The first-order valence-electron chi connectivity index (χ1n) is 9.01. The van der Waals surface area contributed by atoms with E-state index < -0.39 is 54.0 Å². The molecule has 0 unspecified atom stereocenters. The van der Waals surface area contributed by atoms with Gasteiger partial charge in [-0.2, -0.15) is 0 Å². The third kappa shape index (κ3) is 5.41. The van der Waals surface area contributed by atoms with Gasteiger partial charge in [0.15, 0.2) is 6.10 Å². The van der Waals surface area contributed by atoms with Gasteiger partial charge in [-0.25, -0.2) is 9.59 Å². The van der Waals surface area contributed by atoms with Gasteiger partial charge in [0, 0.05) is 0 Å². The quantitative estimate of drug-likeness (QED) is 0.392. The molecule has 0 saturated carbocycles. The zero-order valence-electron chi connectivity index (χ0n) is 16.2. The van der Waals surface area contributed by atoms with Gasteiger partial charge in [0.05, 0.1) is 0 Å². The highest BCUT2D eigenvalue weighted by molar-refractivity contribution is 6.08. The highest BCUT2D eigenvalue weighted by Crippen LogP contribution is 2.28. The predicted molar refractivity (Wildman–Crippen MR) is 95.2 cm³/mol. The SMILES string of the molecule is CCCC1(CCC)NC(=O)N(CC(=O)O[C@H](C(=O)NC(N)=O)C(C)C)C1=O. The van der Waals surface area contributed by atoms with Crippen LogP contribution in [0.1, 0.15) is 53.4 Å². The van der Waals surface area contributed by atoms with E-state index in [0.717, 1.165) is 4.90 Å². The number of nitrogens with one attached hydrogen (secondary N) is 2. The van der Waals surface area contributed by atoms with Crippen molar-refractivity contribution < 1.29 is 28.7 Å². The van der Waals surface area contributed by atoms with Gasteiger partial charge in [-0.3, -0.25) is 24.6 Å². The summed E-state index contributed by atoms with van der Waals surface area (Å²) < 4.78 is 5.09. The monoisotopic (exact) mass is 384 g/mol.